The van der Waals surface area contributed by atoms with Crippen molar-refractivity contribution in [2.45, 2.75) is 42.4 Å². The summed E-state index contributed by atoms with van der Waals surface area (Å²) in [5.74, 6) is -3.84. The summed E-state index contributed by atoms with van der Waals surface area (Å²) in [5, 5.41) is 5.00. The number of nitrogens with one attached hydrogen (secondary N) is 2. The molecule has 152 valence electrons. The van der Waals surface area contributed by atoms with Crippen LogP contribution in [-0.4, -0.2) is 28.5 Å². The van der Waals surface area contributed by atoms with Crippen molar-refractivity contribution in [1.29, 1.82) is 0 Å². The number of thioether (sulfide) groups is 1. The molecule has 1 aliphatic heterocycles. The van der Waals surface area contributed by atoms with Crippen molar-refractivity contribution < 1.29 is 23.2 Å². The summed E-state index contributed by atoms with van der Waals surface area (Å²) in [6, 6.07) is 9.67. The molecule has 9 heteroatoms. The number of imide groups is 1. The summed E-state index contributed by atoms with van der Waals surface area (Å²) in [5.41, 5.74) is 0.463. The first-order valence-corrected chi connectivity index (χ1v) is 9.89. The van der Waals surface area contributed by atoms with Crippen LogP contribution in [0, 0.1) is 0 Å². The molecular weight excluding hydrogens is 400 g/mol. The first-order chi connectivity index (χ1) is 13.9. The Bertz CT molecular complexity index is 937. The molecule has 1 aliphatic rings. The van der Waals surface area contributed by atoms with Crippen molar-refractivity contribution in [3.05, 3.63) is 53.7 Å². The lowest BCUT2D eigenvalue weighted by Gasteiger charge is -2.35. The van der Waals surface area contributed by atoms with E-state index in [9.17, 15) is 23.2 Å². The van der Waals surface area contributed by atoms with E-state index in [1.807, 2.05) is 6.92 Å². The minimum Gasteiger partial charge on any atom is -0.322 e. The van der Waals surface area contributed by atoms with E-state index in [0.29, 0.717) is 18.5 Å². The lowest BCUT2D eigenvalue weighted by atomic mass is 9.72. The number of amides is 3. The molecule has 29 heavy (non-hydrogen) atoms. The highest BCUT2D eigenvalue weighted by Gasteiger charge is 2.42. The molecule has 1 unspecified atom stereocenters. The largest absolute Gasteiger partial charge is 0.322 e. The van der Waals surface area contributed by atoms with Crippen molar-refractivity contribution in [3.8, 4) is 0 Å². The standard InChI is InChI=1S/C20H19F2N3O3S/c1-2-20(10-9-15(26)25-18(20)28)12-5-7-13(8-6-12)24-16(27)14-4-3-11-23-17(14)29-19(21)22/h3-8,11,19H,2,9-10H2,1H3,(H,24,27)(H,25,26,28). The number of carbonyl (C=O) groups excluding carboxylic acids is 3. The van der Waals surface area contributed by atoms with Gasteiger partial charge in [0.05, 0.1) is 11.0 Å². The fraction of sp³-hybridized carbons (Fsp3) is 0.300. The lowest BCUT2D eigenvalue weighted by molar-refractivity contribution is -0.138. The Balaban J connectivity index is 1.78. The number of halogens is 2. The number of benzene rings is 1. The van der Waals surface area contributed by atoms with E-state index in [1.54, 1.807) is 24.3 Å². The second-order valence-electron chi connectivity index (χ2n) is 6.58. The Labute approximate surface area is 170 Å². The maximum Gasteiger partial charge on any atom is 0.290 e. The number of rotatable bonds is 6. The van der Waals surface area contributed by atoms with Gasteiger partial charge in [0.2, 0.25) is 11.8 Å². The second kappa shape index (κ2) is 8.69. The predicted molar refractivity (Wildman–Crippen MR) is 105 cm³/mol. The fourth-order valence-corrected chi connectivity index (χ4v) is 3.96. The van der Waals surface area contributed by atoms with Gasteiger partial charge in [-0.2, -0.15) is 8.78 Å². The minimum absolute atomic E-state index is 0.0508. The van der Waals surface area contributed by atoms with E-state index in [2.05, 4.69) is 15.6 Å². The normalized spacial score (nSPS) is 19.2. The van der Waals surface area contributed by atoms with Gasteiger partial charge in [0.25, 0.3) is 11.7 Å². The monoisotopic (exact) mass is 419 g/mol. The summed E-state index contributed by atoms with van der Waals surface area (Å²) < 4.78 is 25.4. The third-order valence-electron chi connectivity index (χ3n) is 4.98. The molecule has 0 radical (unpaired) electrons. The summed E-state index contributed by atoms with van der Waals surface area (Å²) >= 11 is 0.211. The van der Waals surface area contributed by atoms with Gasteiger partial charge < -0.3 is 5.32 Å². The van der Waals surface area contributed by atoms with Crippen molar-refractivity contribution in [3.63, 3.8) is 0 Å². The van der Waals surface area contributed by atoms with Crippen molar-refractivity contribution >= 4 is 35.2 Å². The van der Waals surface area contributed by atoms with Gasteiger partial charge in [-0.3, -0.25) is 19.7 Å². The summed E-state index contributed by atoms with van der Waals surface area (Å²) in [4.78, 5) is 40.3. The van der Waals surface area contributed by atoms with Crippen LogP contribution in [0.4, 0.5) is 14.5 Å². The van der Waals surface area contributed by atoms with Gasteiger partial charge in [0, 0.05) is 18.3 Å². The Hall–Kier alpha value is -2.81. The number of hydrogen-bond donors (Lipinski definition) is 2. The number of anilines is 1. The first-order valence-electron chi connectivity index (χ1n) is 9.01. The van der Waals surface area contributed by atoms with Crippen LogP contribution in [0.3, 0.4) is 0 Å². The van der Waals surface area contributed by atoms with Gasteiger partial charge in [-0.15, -0.1) is 0 Å². The molecule has 2 heterocycles. The number of aromatic nitrogens is 1. The summed E-state index contributed by atoms with van der Waals surface area (Å²) in [6.07, 6.45) is 2.57. The van der Waals surface area contributed by atoms with E-state index < -0.39 is 17.1 Å². The number of hydrogen-bond acceptors (Lipinski definition) is 5. The van der Waals surface area contributed by atoms with Crippen LogP contribution in [0.5, 0.6) is 0 Å². The quantitative estimate of drug-likeness (QED) is 0.550. The molecule has 2 aromatic rings. The zero-order valence-electron chi connectivity index (χ0n) is 15.6. The smallest absolute Gasteiger partial charge is 0.290 e. The van der Waals surface area contributed by atoms with E-state index in [4.69, 9.17) is 0 Å². The Kier molecular flexibility index (Phi) is 6.26. The van der Waals surface area contributed by atoms with Gasteiger partial charge in [0.1, 0.15) is 5.03 Å². The molecule has 0 bridgehead atoms. The van der Waals surface area contributed by atoms with E-state index >= 15 is 0 Å². The maximum atomic E-state index is 12.7. The predicted octanol–water partition coefficient (Wildman–Crippen LogP) is 3.73. The van der Waals surface area contributed by atoms with Crippen LogP contribution in [-0.2, 0) is 15.0 Å². The number of piperidine rings is 1. The van der Waals surface area contributed by atoms with Crippen LogP contribution in [0.25, 0.3) is 0 Å². The number of nitrogens with zero attached hydrogens (tertiary/aromatic N) is 1. The van der Waals surface area contributed by atoms with Gasteiger partial charge in [-0.05, 0) is 54.4 Å². The minimum atomic E-state index is -2.69. The van der Waals surface area contributed by atoms with Gasteiger partial charge >= 0.3 is 0 Å². The number of alkyl halides is 2. The summed E-state index contributed by atoms with van der Waals surface area (Å²) in [7, 11) is 0. The highest BCUT2D eigenvalue weighted by molar-refractivity contribution is 7.99. The van der Waals surface area contributed by atoms with Crippen LogP contribution in [0.2, 0.25) is 0 Å². The number of carbonyl (C=O) groups is 3. The van der Waals surface area contributed by atoms with Crippen LogP contribution in [0.1, 0.15) is 42.1 Å². The van der Waals surface area contributed by atoms with Crippen molar-refractivity contribution in [2.75, 3.05) is 5.32 Å². The molecule has 0 spiro atoms. The Morgan fingerprint density at radius 1 is 1.28 bits per heavy atom. The molecule has 1 aromatic carbocycles. The van der Waals surface area contributed by atoms with E-state index in [0.717, 1.165) is 5.56 Å². The SMILES string of the molecule is CCC1(c2ccc(NC(=O)c3cccnc3SC(F)F)cc2)CCC(=O)NC1=O. The average Bonchev–Trinajstić information content (AvgIpc) is 2.69. The number of pyridine rings is 1. The van der Waals surface area contributed by atoms with Crippen LogP contribution < -0.4 is 10.6 Å². The molecule has 2 N–H and O–H groups in total. The zero-order chi connectivity index (χ0) is 21.0. The average molecular weight is 419 g/mol. The molecule has 1 fully saturated rings. The zero-order valence-corrected chi connectivity index (χ0v) is 16.4. The molecule has 6 nitrogen and oxygen atoms in total. The van der Waals surface area contributed by atoms with Crippen molar-refractivity contribution in [2.24, 2.45) is 0 Å². The Morgan fingerprint density at radius 2 is 2.00 bits per heavy atom. The maximum absolute atomic E-state index is 12.7. The Morgan fingerprint density at radius 3 is 2.62 bits per heavy atom. The highest BCUT2D eigenvalue weighted by atomic mass is 32.2. The third-order valence-corrected chi connectivity index (χ3v) is 5.71. The van der Waals surface area contributed by atoms with Gasteiger partial charge in [-0.1, -0.05) is 19.1 Å². The van der Waals surface area contributed by atoms with Crippen LogP contribution in [0.15, 0.2) is 47.6 Å². The molecule has 1 aromatic heterocycles. The van der Waals surface area contributed by atoms with E-state index in [-0.39, 0.29) is 40.6 Å². The van der Waals surface area contributed by atoms with Gasteiger partial charge in [-0.25, -0.2) is 4.98 Å². The molecule has 1 atom stereocenters. The molecular formula is C20H19F2N3O3S. The molecule has 1 saturated heterocycles. The highest BCUT2D eigenvalue weighted by Crippen LogP contribution is 2.36. The molecule has 0 saturated carbocycles. The van der Waals surface area contributed by atoms with E-state index in [1.165, 1.54) is 18.3 Å². The lowest BCUT2D eigenvalue weighted by Crippen LogP contribution is -2.51. The molecule has 3 amide bonds. The first kappa shape index (κ1) is 20.9. The molecule has 0 aliphatic carbocycles. The molecule has 3 rings (SSSR count). The second-order valence-corrected chi connectivity index (χ2v) is 7.56. The topological polar surface area (TPSA) is 88.2 Å². The fourth-order valence-electron chi connectivity index (χ4n) is 3.38. The van der Waals surface area contributed by atoms with Gasteiger partial charge in [0.15, 0.2) is 0 Å². The summed E-state index contributed by atoms with van der Waals surface area (Å²) in [6.45, 7) is 1.88. The third kappa shape index (κ3) is 4.45. The van der Waals surface area contributed by atoms with Crippen LogP contribution >= 0.6 is 11.8 Å². The van der Waals surface area contributed by atoms with Crippen molar-refractivity contribution in [1.82, 2.24) is 10.3 Å².